The number of hydrogen-bond donors (Lipinski definition) is 1. The molecular formula is C15H14N4O2. The summed E-state index contributed by atoms with van der Waals surface area (Å²) >= 11 is 0. The molecule has 6 heteroatoms. The second kappa shape index (κ2) is 5.62. The Balaban J connectivity index is 1.65. The van der Waals surface area contributed by atoms with E-state index in [4.69, 9.17) is 4.74 Å². The highest BCUT2D eigenvalue weighted by Gasteiger charge is 2.09. The van der Waals surface area contributed by atoms with E-state index in [1.807, 2.05) is 37.3 Å². The van der Waals surface area contributed by atoms with Gasteiger partial charge >= 0.3 is 0 Å². The number of fused-ring (bicyclic) bond motifs is 1. The monoisotopic (exact) mass is 282 g/mol. The third kappa shape index (κ3) is 3.00. The van der Waals surface area contributed by atoms with E-state index in [9.17, 15) is 4.79 Å². The Kier molecular flexibility index (Phi) is 3.51. The van der Waals surface area contributed by atoms with E-state index >= 15 is 0 Å². The normalized spacial score (nSPS) is 10.5. The summed E-state index contributed by atoms with van der Waals surface area (Å²) in [4.78, 5) is 16.1. The number of ether oxygens (including phenoxy) is 1. The van der Waals surface area contributed by atoms with E-state index in [0.29, 0.717) is 5.75 Å². The fourth-order valence-corrected chi connectivity index (χ4v) is 1.92. The van der Waals surface area contributed by atoms with Gasteiger partial charge < -0.3 is 4.74 Å². The highest BCUT2D eigenvalue weighted by molar-refractivity contribution is 5.90. The van der Waals surface area contributed by atoms with E-state index < -0.39 is 0 Å². The summed E-state index contributed by atoms with van der Waals surface area (Å²) in [5.41, 5.74) is 1.71. The van der Waals surface area contributed by atoms with E-state index in [1.54, 1.807) is 22.8 Å². The average molecular weight is 282 g/mol. The predicted molar refractivity (Wildman–Crippen MR) is 78.3 cm³/mol. The van der Waals surface area contributed by atoms with E-state index in [-0.39, 0.29) is 18.5 Å². The van der Waals surface area contributed by atoms with Crippen molar-refractivity contribution >= 4 is 17.5 Å². The van der Waals surface area contributed by atoms with Crippen LogP contribution in [0.1, 0.15) is 5.56 Å². The Labute approximate surface area is 121 Å². The summed E-state index contributed by atoms with van der Waals surface area (Å²) in [6.07, 6.45) is 1.78. The van der Waals surface area contributed by atoms with Gasteiger partial charge in [-0.1, -0.05) is 24.3 Å². The zero-order valence-corrected chi connectivity index (χ0v) is 11.5. The van der Waals surface area contributed by atoms with Crippen LogP contribution in [0.15, 0.2) is 48.7 Å². The molecule has 21 heavy (non-hydrogen) atoms. The number of hydrogen-bond acceptors (Lipinski definition) is 4. The van der Waals surface area contributed by atoms with Gasteiger partial charge in [0.15, 0.2) is 12.3 Å². The predicted octanol–water partition coefficient (Wildman–Crippen LogP) is 2.06. The first kappa shape index (κ1) is 13.1. The first-order valence-electron chi connectivity index (χ1n) is 6.52. The molecule has 0 aliphatic carbocycles. The Morgan fingerprint density at radius 1 is 1.24 bits per heavy atom. The smallest absolute Gasteiger partial charge is 0.264 e. The molecule has 3 rings (SSSR count). The molecule has 0 saturated carbocycles. The van der Waals surface area contributed by atoms with Gasteiger partial charge in [0.1, 0.15) is 5.75 Å². The van der Waals surface area contributed by atoms with Crippen molar-refractivity contribution in [1.29, 1.82) is 0 Å². The molecule has 0 spiro atoms. The van der Waals surface area contributed by atoms with Crippen molar-refractivity contribution in [3.05, 3.63) is 54.2 Å². The van der Waals surface area contributed by atoms with Crippen molar-refractivity contribution in [1.82, 2.24) is 14.6 Å². The Bertz CT molecular complexity index is 768. The topological polar surface area (TPSA) is 68.5 Å². The van der Waals surface area contributed by atoms with Gasteiger partial charge in [0.25, 0.3) is 5.91 Å². The van der Waals surface area contributed by atoms with Crippen LogP contribution in [0.4, 0.5) is 5.95 Å². The van der Waals surface area contributed by atoms with Gasteiger partial charge in [0, 0.05) is 6.20 Å². The standard InChI is InChI=1S/C15H14N4O2/c1-11-6-5-9-19-14(11)17-15(18-19)16-13(20)10-21-12-7-3-2-4-8-12/h2-9H,10H2,1H3,(H,16,18,20). The summed E-state index contributed by atoms with van der Waals surface area (Å²) in [7, 11) is 0. The van der Waals surface area contributed by atoms with Gasteiger partial charge in [-0.3, -0.25) is 10.1 Å². The maximum Gasteiger partial charge on any atom is 0.264 e. The van der Waals surface area contributed by atoms with Gasteiger partial charge in [0.2, 0.25) is 5.95 Å². The van der Waals surface area contributed by atoms with E-state index in [0.717, 1.165) is 11.2 Å². The Morgan fingerprint density at radius 3 is 2.81 bits per heavy atom. The molecule has 1 amide bonds. The van der Waals surface area contributed by atoms with E-state index in [2.05, 4.69) is 15.4 Å². The summed E-state index contributed by atoms with van der Waals surface area (Å²) in [6, 6.07) is 13.0. The molecule has 0 bridgehead atoms. The van der Waals surface area contributed by atoms with Gasteiger partial charge in [0.05, 0.1) is 0 Å². The molecule has 0 aliphatic rings. The highest BCUT2D eigenvalue weighted by Crippen LogP contribution is 2.10. The maximum absolute atomic E-state index is 11.8. The molecule has 0 atom stereocenters. The van der Waals surface area contributed by atoms with Crippen LogP contribution in [0, 0.1) is 6.92 Å². The van der Waals surface area contributed by atoms with Crippen LogP contribution in [0.25, 0.3) is 5.65 Å². The number of pyridine rings is 1. The second-order valence-corrected chi connectivity index (χ2v) is 4.54. The molecule has 0 radical (unpaired) electrons. The largest absolute Gasteiger partial charge is 0.484 e. The summed E-state index contributed by atoms with van der Waals surface area (Å²) in [5.74, 6) is 0.616. The van der Waals surface area contributed by atoms with Crippen molar-refractivity contribution in [2.24, 2.45) is 0 Å². The third-order valence-electron chi connectivity index (χ3n) is 2.92. The number of nitrogens with zero attached hydrogens (tertiary/aromatic N) is 3. The van der Waals surface area contributed by atoms with Crippen LogP contribution < -0.4 is 10.1 Å². The second-order valence-electron chi connectivity index (χ2n) is 4.54. The minimum Gasteiger partial charge on any atom is -0.484 e. The quantitative estimate of drug-likeness (QED) is 0.795. The lowest BCUT2D eigenvalue weighted by Gasteiger charge is -2.04. The van der Waals surface area contributed by atoms with Crippen molar-refractivity contribution in [3.63, 3.8) is 0 Å². The zero-order chi connectivity index (χ0) is 14.7. The van der Waals surface area contributed by atoms with Crippen LogP contribution in [-0.4, -0.2) is 27.1 Å². The van der Waals surface area contributed by atoms with Gasteiger partial charge in [-0.2, -0.15) is 4.98 Å². The molecule has 0 unspecified atom stereocenters. The molecule has 2 heterocycles. The van der Waals surface area contributed by atoms with Crippen molar-refractivity contribution in [2.45, 2.75) is 6.92 Å². The molecule has 3 aromatic rings. The first-order chi connectivity index (χ1) is 10.2. The van der Waals surface area contributed by atoms with Crippen LogP contribution in [0.5, 0.6) is 5.75 Å². The molecule has 0 saturated heterocycles. The summed E-state index contributed by atoms with van der Waals surface area (Å²) in [6.45, 7) is 1.85. The molecule has 0 aliphatic heterocycles. The number of anilines is 1. The van der Waals surface area contributed by atoms with Crippen LogP contribution in [0.3, 0.4) is 0 Å². The number of aromatic nitrogens is 3. The first-order valence-corrected chi connectivity index (χ1v) is 6.52. The molecule has 2 aromatic heterocycles. The summed E-state index contributed by atoms with van der Waals surface area (Å²) < 4.78 is 6.99. The number of rotatable bonds is 4. The third-order valence-corrected chi connectivity index (χ3v) is 2.92. The van der Waals surface area contributed by atoms with Crippen LogP contribution >= 0.6 is 0 Å². The molecule has 6 nitrogen and oxygen atoms in total. The maximum atomic E-state index is 11.8. The lowest BCUT2D eigenvalue weighted by molar-refractivity contribution is -0.118. The van der Waals surface area contributed by atoms with Gasteiger partial charge in [-0.15, -0.1) is 5.10 Å². The lowest BCUT2D eigenvalue weighted by atomic mass is 10.3. The van der Waals surface area contributed by atoms with E-state index in [1.165, 1.54) is 0 Å². The molecular weight excluding hydrogens is 268 g/mol. The summed E-state index contributed by atoms with van der Waals surface area (Å²) in [5, 5.41) is 6.81. The fourth-order valence-electron chi connectivity index (χ4n) is 1.92. The van der Waals surface area contributed by atoms with Gasteiger partial charge in [-0.25, -0.2) is 4.52 Å². The minimum atomic E-state index is -0.299. The number of carbonyl (C=O) groups excluding carboxylic acids is 1. The molecule has 0 fully saturated rings. The van der Waals surface area contributed by atoms with Crippen LogP contribution in [-0.2, 0) is 4.79 Å². The number of amides is 1. The zero-order valence-electron chi connectivity index (χ0n) is 11.5. The fraction of sp³-hybridized carbons (Fsp3) is 0.133. The molecule has 1 aromatic carbocycles. The number of benzene rings is 1. The number of para-hydroxylation sites is 1. The number of aryl methyl sites for hydroxylation is 1. The number of nitrogens with one attached hydrogen (secondary N) is 1. The Morgan fingerprint density at radius 2 is 2.05 bits per heavy atom. The highest BCUT2D eigenvalue weighted by atomic mass is 16.5. The van der Waals surface area contributed by atoms with Crippen molar-refractivity contribution in [3.8, 4) is 5.75 Å². The SMILES string of the molecule is Cc1cccn2nc(NC(=O)COc3ccccc3)nc12. The lowest BCUT2D eigenvalue weighted by Crippen LogP contribution is -2.20. The van der Waals surface area contributed by atoms with Crippen molar-refractivity contribution < 1.29 is 9.53 Å². The minimum absolute atomic E-state index is 0.0848. The Hall–Kier alpha value is -2.89. The van der Waals surface area contributed by atoms with Crippen LogP contribution in [0.2, 0.25) is 0 Å². The molecule has 106 valence electrons. The average Bonchev–Trinajstić information content (AvgIpc) is 2.90. The van der Waals surface area contributed by atoms with Crippen molar-refractivity contribution in [2.75, 3.05) is 11.9 Å². The van der Waals surface area contributed by atoms with Gasteiger partial charge in [-0.05, 0) is 30.7 Å². The molecule has 1 N–H and O–H groups in total. The number of carbonyl (C=O) groups is 1.